The first kappa shape index (κ1) is 26.4. The molecule has 0 unspecified atom stereocenters. The van der Waals surface area contributed by atoms with Crippen LogP contribution in [0.5, 0.6) is 5.75 Å². The normalized spacial score (nSPS) is 17.3. The van der Waals surface area contributed by atoms with Gasteiger partial charge in [-0.2, -0.15) is 0 Å². The molecule has 3 heterocycles. The molecule has 1 fully saturated rings. The van der Waals surface area contributed by atoms with Gasteiger partial charge in [0.15, 0.2) is 0 Å². The predicted octanol–water partition coefficient (Wildman–Crippen LogP) is 4.94. The predicted molar refractivity (Wildman–Crippen MR) is 147 cm³/mol. The monoisotopic (exact) mass is 535 g/mol. The number of amides is 2. The third kappa shape index (κ3) is 6.25. The maximum atomic E-state index is 13.8. The molecule has 2 amide bonds. The topological polar surface area (TPSA) is 53.1 Å². The Balaban J connectivity index is 1.33. The van der Waals surface area contributed by atoms with Crippen LogP contribution in [0.15, 0.2) is 60.0 Å². The molecule has 0 saturated carbocycles. The minimum atomic E-state index is -0.320. The fourth-order valence-corrected chi connectivity index (χ4v) is 6.16. The number of fused-ring (bicyclic) bond motifs is 1. The van der Waals surface area contributed by atoms with Crippen LogP contribution < -0.4 is 4.74 Å². The van der Waals surface area contributed by atoms with Crippen molar-refractivity contribution in [2.24, 2.45) is 0 Å². The summed E-state index contributed by atoms with van der Waals surface area (Å²) in [6.45, 7) is 6.19. The summed E-state index contributed by atoms with van der Waals surface area (Å²) in [5, 5.41) is 2.05. The Morgan fingerprint density at radius 3 is 2.50 bits per heavy atom. The zero-order valence-corrected chi connectivity index (χ0v) is 22.6. The lowest BCUT2D eigenvalue weighted by atomic mass is 10.0. The number of likely N-dealkylation sites (tertiary alicyclic amines) is 1. The van der Waals surface area contributed by atoms with Crippen molar-refractivity contribution in [3.63, 3.8) is 0 Å². The number of aryl methyl sites for hydroxylation is 1. The zero-order valence-electron chi connectivity index (χ0n) is 21.8. The highest BCUT2D eigenvalue weighted by Crippen LogP contribution is 2.34. The average Bonchev–Trinajstić information content (AvgIpc) is 3.63. The molecule has 0 radical (unpaired) electrons. The van der Waals surface area contributed by atoms with E-state index in [-0.39, 0.29) is 36.8 Å². The molecule has 1 saturated heterocycles. The first-order chi connectivity index (χ1) is 18.5. The molecule has 0 bridgehead atoms. The second-order valence-electron chi connectivity index (χ2n) is 10.1. The lowest BCUT2D eigenvalue weighted by Gasteiger charge is -2.37. The minimum absolute atomic E-state index is 0.0209. The molecule has 5 rings (SSSR count). The highest BCUT2D eigenvalue weighted by atomic mass is 32.1. The van der Waals surface area contributed by atoms with Crippen LogP contribution in [0.4, 0.5) is 4.39 Å². The summed E-state index contributed by atoms with van der Waals surface area (Å²) < 4.78 is 19.4. The summed E-state index contributed by atoms with van der Waals surface area (Å²) in [6.07, 6.45) is 3.14. The van der Waals surface area contributed by atoms with E-state index in [0.29, 0.717) is 24.4 Å². The average molecular weight is 536 g/mol. The molecule has 3 aromatic rings. The summed E-state index contributed by atoms with van der Waals surface area (Å²) in [5.74, 6) is 0.0310. The second-order valence-corrected chi connectivity index (χ2v) is 11.1. The highest BCUT2D eigenvalue weighted by molar-refractivity contribution is 7.10. The van der Waals surface area contributed by atoms with Gasteiger partial charge < -0.3 is 19.4 Å². The number of ether oxygens (including phenoxy) is 1. The largest absolute Gasteiger partial charge is 0.491 e. The molecule has 0 aliphatic carbocycles. The fourth-order valence-electron chi connectivity index (χ4n) is 5.23. The Kier molecular flexibility index (Phi) is 8.39. The van der Waals surface area contributed by atoms with Gasteiger partial charge in [0.05, 0.1) is 6.04 Å². The molecule has 38 heavy (non-hydrogen) atoms. The van der Waals surface area contributed by atoms with E-state index in [1.165, 1.54) is 29.9 Å². The van der Waals surface area contributed by atoms with Crippen LogP contribution in [-0.4, -0.2) is 72.4 Å². The van der Waals surface area contributed by atoms with Crippen molar-refractivity contribution < 1.29 is 18.7 Å². The molecular weight excluding hydrogens is 501 g/mol. The van der Waals surface area contributed by atoms with Gasteiger partial charge >= 0.3 is 0 Å². The molecule has 2 aromatic carbocycles. The number of thiophene rings is 1. The Labute approximate surface area is 227 Å². The number of nitrogens with zero attached hydrogens (tertiary/aromatic N) is 3. The maximum absolute atomic E-state index is 13.8. The Hall–Kier alpha value is -3.23. The molecule has 200 valence electrons. The van der Waals surface area contributed by atoms with E-state index >= 15 is 0 Å². The van der Waals surface area contributed by atoms with Gasteiger partial charge in [-0.3, -0.25) is 9.59 Å². The molecular formula is C30H34FN3O3S. The molecule has 8 heteroatoms. The summed E-state index contributed by atoms with van der Waals surface area (Å²) in [7, 11) is 0. The second kappa shape index (κ2) is 12.1. The van der Waals surface area contributed by atoms with E-state index in [9.17, 15) is 14.0 Å². The van der Waals surface area contributed by atoms with E-state index in [4.69, 9.17) is 4.74 Å². The molecule has 0 N–H and O–H groups in total. The molecule has 1 aromatic heterocycles. The quantitative estimate of drug-likeness (QED) is 0.390. The molecule has 6 nitrogen and oxygen atoms in total. The van der Waals surface area contributed by atoms with Crippen LogP contribution in [0.3, 0.4) is 0 Å². The van der Waals surface area contributed by atoms with Gasteiger partial charge in [0.2, 0.25) is 5.91 Å². The molecule has 2 aliphatic rings. The third-order valence-corrected chi connectivity index (χ3v) is 8.43. The van der Waals surface area contributed by atoms with Crippen LogP contribution in [0.2, 0.25) is 0 Å². The number of hydrogen-bond acceptors (Lipinski definition) is 5. The third-order valence-electron chi connectivity index (χ3n) is 7.43. The Morgan fingerprint density at radius 1 is 1.03 bits per heavy atom. The summed E-state index contributed by atoms with van der Waals surface area (Å²) in [5.41, 5.74) is 2.77. The number of carbonyl (C=O) groups excluding carboxylic acids is 2. The van der Waals surface area contributed by atoms with Crippen molar-refractivity contribution in [2.45, 2.75) is 32.2 Å². The first-order valence-corrected chi connectivity index (χ1v) is 14.2. The van der Waals surface area contributed by atoms with Gasteiger partial charge in [-0.1, -0.05) is 17.7 Å². The Bertz CT molecular complexity index is 1240. The number of rotatable bonds is 9. The minimum Gasteiger partial charge on any atom is -0.491 e. The van der Waals surface area contributed by atoms with Crippen LogP contribution in [0.25, 0.3) is 0 Å². The van der Waals surface area contributed by atoms with E-state index in [1.54, 1.807) is 28.4 Å². The summed E-state index contributed by atoms with van der Waals surface area (Å²) in [4.78, 5) is 34.5. The number of carbonyl (C=O) groups is 2. The van der Waals surface area contributed by atoms with Gasteiger partial charge in [0.1, 0.15) is 24.7 Å². The number of hydrogen-bond donors (Lipinski definition) is 0. The van der Waals surface area contributed by atoms with E-state index in [1.807, 2.05) is 41.5 Å². The first-order valence-electron chi connectivity index (χ1n) is 13.3. The smallest absolute Gasteiger partial charge is 0.254 e. The summed E-state index contributed by atoms with van der Waals surface area (Å²) >= 11 is 1.69. The van der Waals surface area contributed by atoms with E-state index in [0.717, 1.165) is 37.2 Å². The lowest BCUT2D eigenvalue weighted by Crippen LogP contribution is -2.49. The SMILES string of the molecule is Cc1ccc(C(=O)N(CCN2CCCC2)CC(=O)N2CCc3sccc3[C@@H]2COc2ccc(F)cc2)cc1. The van der Waals surface area contributed by atoms with Crippen molar-refractivity contribution in [2.75, 3.05) is 45.9 Å². The molecule has 1 atom stereocenters. The van der Waals surface area contributed by atoms with Gasteiger partial charge in [-0.15, -0.1) is 11.3 Å². The molecule has 0 spiro atoms. The maximum Gasteiger partial charge on any atom is 0.254 e. The van der Waals surface area contributed by atoms with Gasteiger partial charge in [-0.25, -0.2) is 4.39 Å². The van der Waals surface area contributed by atoms with Crippen molar-refractivity contribution in [1.82, 2.24) is 14.7 Å². The van der Waals surface area contributed by atoms with Crippen LogP contribution in [0.1, 0.15) is 45.2 Å². The van der Waals surface area contributed by atoms with Crippen LogP contribution >= 0.6 is 11.3 Å². The van der Waals surface area contributed by atoms with Crippen LogP contribution in [0, 0.1) is 12.7 Å². The highest BCUT2D eigenvalue weighted by Gasteiger charge is 2.34. The lowest BCUT2D eigenvalue weighted by molar-refractivity contribution is -0.135. The summed E-state index contributed by atoms with van der Waals surface area (Å²) in [6, 6.07) is 15.2. The van der Waals surface area contributed by atoms with Gasteiger partial charge in [0.25, 0.3) is 5.91 Å². The standard InChI is InChI=1S/C30H34FN3O3S/c1-22-4-6-23(7-5-22)30(36)33(18-17-32-14-2-3-15-32)20-29(35)34-16-12-28-26(13-19-38-28)27(34)21-37-25-10-8-24(31)9-11-25/h4-11,13,19,27H,2-3,12,14-18,20-21H2,1H3/t27-/m0/s1. The van der Waals surface area contributed by atoms with Crippen molar-refractivity contribution in [3.05, 3.63) is 87.4 Å². The zero-order chi connectivity index (χ0) is 26.5. The van der Waals surface area contributed by atoms with Crippen LogP contribution in [-0.2, 0) is 11.2 Å². The number of halogens is 1. The van der Waals surface area contributed by atoms with E-state index < -0.39 is 0 Å². The Morgan fingerprint density at radius 2 is 1.76 bits per heavy atom. The molecule has 2 aliphatic heterocycles. The van der Waals surface area contributed by atoms with Crippen molar-refractivity contribution >= 4 is 23.2 Å². The van der Waals surface area contributed by atoms with Gasteiger partial charge in [-0.05, 0) is 92.7 Å². The number of benzene rings is 2. The van der Waals surface area contributed by atoms with Crippen molar-refractivity contribution in [1.29, 1.82) is 0 Å². The van der Waals surface area contributed by atoms with Gasteiger partial charge in [0, 0.05) is 30.1 Å². The van der Waals surface area contributed by atoms with E-state index in [2.05, 4.69) is 11.0 Å². The van der Waals surface area contributed by atoms with Crippen molar-refractivity contribution in [3.8, 4) is 5.75 Å². The fraction of sp³-hybridized carbons (Fsp3) is 0.400.